The number of fused-ring (bicyclic) bond motifs is 3. The molecule has 0 saturated carbocycles. The lowest BCUT2D eigenvalue weighted by molar-refractivity contribution is -0.993. The Bertz CT molecular complexity index is 2360. The fourth-order valence-electron chi connectivity index (χ4n) is 8.77. The molecular weight excluding hydrogens is 502 g/mol. The van der Waals surface area contributed by atoms with E-state index < -0.39 is 5.66 Å². The van der Waals surface area contributed by atoms with Gasteiger partial charge in [0.2, 0.25) is 6.20 Å². The second-order valence-electron chi connectivity index (χ2n) is 12.3. The van der Waals surface area contributed by atoms with Crippen LogP contribution in [0.1, 0.15) is 36.1 Å². The molecule has 192 valence electrons. The first-order chi connectivity index (χ1) is 20.1. The Morgan fingerprint density at radius 2 is 1.39 bits per heavy atom. The van der Waals surface area contributed by atoms with Crippen LogP contribution in [0.15, 0.2) is 116 Å². The summed E-state index contributed by atoms with van der Waals surface area (Å²) in [4.78, 5) is 2.48. The van der Waals surface area contributed by atoms with E-state index in [1.807, 2.05) is 0 Å². The van der Waals surface area contributed by atoms with Crippen LogP contribution in [0, 0.1) is 0 Å². The van der Waals surface area contributed by atoms with E-state index in [0.717, 1.165) is 0 Å². The monoisotopic (exact) mass is 527 g/mol. The molecule has 41 heavy (non-hydrogen) atoms. The molecule has 7 heterocycles. The number of para-hydroxylation sites is 2. The molecule has 1 unspecified atom stereocenters. The first-order valence-electron chi connectivity index (χ1n) is 14.4. The lowest BCUT2D eigenvalue weighted by atomic mass is 9.74. The average molecular weight is 528 g/mol. The summed E-state index contributed by atoms with van der Waals surface area (Å²) < 4.78 is 9.98. The maximum Gasteiger partial charge on any atom is 0.394 e. The highest BCUT2D eigenvalue weighted by molar-refractivity contribution is 6.15. The van der Waals surface area contributed by atoms with Crippen molar-refractivity contribution in [3.8, 4) is 11.5 Å². The quantitative estimate of drug-likeness (QED) is 0.223. The number of aromatic nitrogens is 4. The highest BCUT2D eigenvalue weighted by Gasteiger charge is 2.69. The van der Waals surface area contributed by atoms with Crippen LogP contribution >= 0.6 is 0 Å². The summed E-state index contributed by atoms with van der Waals surface area (Å²) >= 11 is 0. The minimum atomic E-state index is -0.571. The van der Waals surface area contributed by atoms with Crippen molar-refractivity contribution in [1.29, 1.82) is 0 Å². The van der Waals surface area contributed by atoms with Gasteiger partial charge in [0.25, 0.3) is 5.82 Å². The number of rotatable bonds is 1. The summed E-state index contributed by atoms with van der Waals surface area (Å²) in [6, 6.07) is 36.0. The summed E-state index contributed by atoms with van der Waals surface area (Å²) in [5.74, 6) is 1.27. The van der Waals surface area contributed by atoms with Gasteiger partial charge in [-0.05, 0) is 54.6 Å². The second kappa shape index (κ2) is 6.26. The van der Waals surface area contributed by atoms with Crippen LogP contribution < -0.4 is 14.1 Å². The summed E-state index contributed by atoms with van der Waals surface area (Å²) in [6.07, 6.45) is 6.78. The zero-order valence-electron chi connectivity index (χ0n) is 22.7. The fourth-order valence-corrected chi connectivity index (χ4v) is 8.77. The van der Waals surface area contributed by atoms with Gasteiger partial charge in [0.05, 0.1) is 29.3 Å². The lowest BCUT2D eigenvalue weighted by Gasteiger charge is -2.41. The standard InChI is InChI=1S/C36H25N5/c1-35(2)25-13-6-12-23-24-17-18-29-31-33(24)41(32(23)25)34-26(35)14-8-19-37(34)36(31)30-27(38-20-9-21-39(36)38)15-7-16-28(30)40(29)22-10-4-3-5-11-22/h3-21H,1-2H3/q+2. The van der Waals surface area contributed by atoms with Crippen LogP contribution in [0.3, 0.4) is 0 Å². The Morgan fingerprint density at radius 3 is 2.29 bits per heavy atom. The Morgan fingerprint density at radius 1 is 0.610 bits per heavy atom. The van der Waals surface area contributed by atoms with E-state index in [-0.39, 0.29) is 5.41 Å². The van der Waals surface area contributed by atoms with Crippen LogP contribution in [-0.2, 0) is 11.1 Å². The molecule has 11 rings (SSSR count). The number of benzene rings is 4. The Hall–Kier alpha value is -5.16. The Balaban J connectivity index is 1.48. The van der Waals surface area contributed by atoms with Crippen molar-refractivity contribution >= 4 is 38.9 Å². The maximum atomic E-state index is 2.59. The van der Waals surface area contributed by atoms with E-state index in [0.29, 0.717) is 0 Å². The molecule has 1 spiro atoms. The zero-order chi connectivity index (χ0) is 26.8. The maximum absolute atomic E-state index is 2.59. The van der Waals surface area contributed by atoms with Gasteiger partial charge in [-0.1, -0.05) is 54.9 Å². The van der Waals surface area contributed by atoms with Gasteiger partial charge in [-0.2, -0.15) is 9.13 Å². The van der Waals surface area contributed by atoms with E-state index in [1.54, 1.807) is 0 Å². The SMILES string of the molecule is CC1(C)c2ccc[n+]3c2-n2c4c1cccc4c1ccc4c(c12)C31c2c(cccc2-n2ccc[n+]21)N4c1ccccc1. The van der Waals surface area contributed by atoms with Crippen molar-refractivity contribution < 1.29 is 9.25 Å². The number of pyridine rings is 1. The minimum Gasteiger partial charge on any atom is -0.309 e. The highest BCUT2D eigenvalue weighted by atomic mass is 15.5. The number of hydrogen-bond acceptors (Lipinski definition) is 1. The third-order valence-corrected chi connectivity index (χ3v) is 10.3. The van der Waals surface area contributed by atoms with Crippen LogP contribution in [0.2, 0.25) is 0 Å². The fraction of sp³-hybridized carbons (Fsp3) is 0.111. The molecule has 0 N–H and O–H groups in total. The van der Waals surface area contributed by atoms with Crippen LogP contribution in [0.5, 0.6) is 0 Å². The minimum absolute atomic E-state index is 0.141. The normalized spacial score (nSPS) is 19.2. The van der Waals surface area contributed by atoms with Gasteiger partial charge >= 0.3 is 5.66 Å². The van der Waals surface area contributed by atoms with Crippen molar-refractivity contribution in [1.82, 2.24) is 9.25 Å². The topological polar surface area (TPSA) is 20.9 Å². The van der Waals surface area contributed by atoms with Crippen molar-refractivity contribution in [3.05, 3.63) is 138 Å². The molecule has 4 aliphatic heterocycles. The molecule has 0 saturated heterocycles. The molecule has 0 radical (unpaired) electrons. The summed E-state index contributed by atoms with van der Waals surface area (Å²) in [5, 5.41) is 2.65. The molecule has 4 aliphatic rings. The molecule has 3 aromatic heterocycles. The van der Waals surface area contributed by atoms with E-state index >= 15 is 0 Å². The molecule has 5 nitrogen and oxygen atoms in total. The number of hydrogen-bond donors (Lipinski definition) is 0. The van der Waals surface area contributed by atoms with E-state index in [1.165, 1.54) is 72.6 Å². The predicted molar refractivity (Wildman–Crippen MR) is 159 cm³/mol. The van der Waals surface area contributed by atoms with Gasteiger partial charge in [-0.15, -0.1) is 4.68 Å². The van der Waals surface area contributed by atoms with Crippen molar-refractivity contribution in [3.63, 3.8) is 0 Å². The third kappa shape index (κ3) is 1.92. The molecule has 7 aromatic rings. The molecule has 4 aromatic carbocycles. The van der Waals surface area contributed by atoms with Gasteiger partial charge in [-0.25, -0.2) is 0 Å². The Labute approximate surface area is 236 Å². The van der Waals surface area contributed by atoms with Gasteiger partial charge in [0.15, 0.2) is 5.52 Å². The molecule has 0 fully saturated rings. The van der Waals surface area contributed by atoms with Crippen molar-refractivity contribution in [2.24, 2.45) is 0 Å². The predicted octanol–water partition coefficient (Wildman–Crippen LogP) is 6.50. The highest BCUT2D eigenvalue weighted by Crippen LogP contribution is 2.59. The van der Waals surface area contributed by atoms with Crippen LogP contribution in [0.25, 0.3) is 33.3 Å². The van der Waals surface area contributed by atoms with Gasteiger partial charge in [-0.3, -0.25) is 0 Å². The summed E-state index contributed by atoms with van der Waals surface area (Å²) in [6.45, 7) is 4.78. The molecule has 0 aliphatic carbocycles. The van der Waals surface area contributed by atoms with Crippen molar-refractivity contribution in [2.75, 3.05) is 4.90 Å². The first-order valence-corrected chi connectivity index (χ1v) is 14.4. The number of anilines is 3. The van der Waals surface area contributed by atoms with E-state index in [9.17, 15) is 0 Å². The third-order valence-electron chi connectivity index (χ3n) is 10.3. The first kappa shape index (κ1) is 20.7. The largest absolute Gasteiger partial charge is 0.394 e. The summed E-state index contributed by atoms with van der Waals surface area (Å²) in [7, 11) is 0. The van der Waals surface area contributed by atoms with Gasteiger partial charge in [0, 0.05) is 33.5 Å². The van der Waals surface area contributed by atoms with Crippen molar-refractivity contribution in [2.45, 2.75) is 24.9 Å². The van der Waals surface area contributed by atoms with Crippen LogP contribution in [-0.4, -0.2) is 9.25 Å². The molecular formula is C36H25N5+2. The smallest absolute Gasteiger partial charge is 0.309 e. The Kier molecular flexibility index (Phi) is 3.16. The molecule has 0 bridgehead atoms. The van der Waals surface area contributed by atoms with Gasteiger partial charge < -0.3 is 4.90 Å². The van der Waals surface area contributed by atoms with E-state index in [2.05, 4.69) is 153 Å². The summed E-state index contributed by atoms with van der Waals surface area (Å²) in [5.41, 5.74) is 12.2. The molecule has 5 heteroatoms. The van der Waals surface area contributed by atoms with E-state index in [4.69, 9.17) is 0 Å². The number of nitrogens with zero attached hydrogens (tertiary/aromatic N) is 5. The average Bonchev–Trinajstić information content (AvgIpc) is 3.69. The van der Waals surface area contributed by atoms with Crippen LogP contribution in [0.4, 0.5) is 17.1 Å². The molecule has 0 amide bonds. The van der Waals surface area contributed by atoms with Gasteiger partial charge in [0.1, 0.15) is 22.3 Å². The molecule has 1 atom stereocenters. The lowest BCUT2D eigenvalue weighted by Crippen LogP contribution is -2.77. The second-order valence-corrected chi connectivity index (χ2v) is 12.3. The zero-order valence-corrected chi connectivity index (χ0v) is 22.7.